The number of nitrogens with zero attached hydrogens (tertiary/aromatic N) is 2. The molecule has 3 aliphatic rings. The minimum absolute atomic E-state index is 0.142. The standard InChI is InChI=1S/C26H40FN5OS.C2H6/c1-19-15-32(16-19)34-30-25-11-13-31(26(29)6-3-12-28)17-22(25)18-33-24-9-7-20(8-10-24)21-4-2-5-23(27)14-21;1-2/h2-6,12,14,19-20,22,24-25,30H,7-11,13,15-18,28-29H2,1H3;1-2H3/b12-3-,26-6+;. The molecule has 3 fully saturated rings. The Morgan fingerprint density at radius 3 is 2.58 bits per heavy atom. The van der Waals surface area contributed by atoms with Crippen LogP contribution in [0.2, 0.25) is 0 Å². The van der Waals surface area contributed by atoms with E-state index >= 15 is 0 Å². The summed E-state index contributed by atoms with van der Waals surface area (Å²) in [6, 6.07) is 7.46. The summed E-state index contributed by atoms with van der Waals surface area (Å²) in [4.78, 5) is 2.24. The van der Waals surface area contributed by atoms with Crippen LogP contribution in [-0.2, 0) is 4.74 Å². The Hall–Kier alpha value is -1.74. The van der Waals surface area contributed by atoms with Gasteiger partial charge in [0.05, 0.1) is 18.5 Å². The fraction of sp³-hybridized carbons (Fsp3) is 0.643. The van der Waals surface area contributed by atoms with Gasteiger partial charge in [0.15, 0.2) is 0 Å². The molecule has 2 heterocycles. The number of rotatable bonds is 9. The van der Waals surface area contributed by atoms with Gasteiger partial charge in [-0.1, -0.05) is 32.9 Å². The number of halogens is 1. The van der Waals surface area contributed by atoms with Gasteiger partial charge in [0.25, 0.3) is 0 Å². The molecule has 4 rings (SSSR count). The molecule has 6 nitrogen and oxygen atoms in total. The molecule has 1 aromatic carbocycles. The van der Waals surface area contributed by atoms with E-state index in [4.69, 9.17) is 16.2 Å². The van der Waals surface area contributed by atoms with Crippen LogP contribution in [0.25, 0.3) is 0 Å². The SMILES string of the molecule is CC.CC1CN(SNC2CCN(/C(N)=C/C=C\N)CC2COC2CCC(c3cccc(F)c3)CC2)C1. The fourth-order valence-corrected chi connectivity index (χ4v) is 6.54. The fourth-order valence-electron chi connectivity index (χ4n) is 5.29. The smallest absolute Gasteiger partial charge is 0.123 e. The first kappa shape index (κ1) is 28.8. The molecule has 0 bridgehead atoms. The highest BCUT2D eigenvalue weighted by Crippen LogP contribution is 2.35. The molecule has 0 aromatic heterocycles. The Balaban J connectivity index is 0.00000176. The third-order valence-corrected chi connectivity index (χ3v) is 8.35. The van der Waals surface area contributed by atoms with Gasteiger partial charge < -0.3 is 21.1 Å². The number of hydrogen-bond acceptors (Lipinski definition) is 7. The second-order valence-corrected chi connectivity index (χ2v) is 11.0. The highest BCUT2D eigenvalue weighted by atomic mass is 32.2. The third kappa shape index (κ3) is 8.40. The van der Waals surface area contributed by atoms with Crippen molar-refractivity contribution in [3.05, 3.63) is 59.8 Å². The van der Waals surface area contributed by atoms with Crippen LogP contribution in [-0.4, -0.2) is 54.1 Å². The van der Waals surface area contributed by atoms with Crippen LogP contribution in [0.15, 0.2) is 48.4 Å². The molecule has 2 saturated heterocycles. The molecule has 2 atom stereocenters. The molecule has 1 saturated carbocycles. The average molecular weight is 520 g/mol. The van der Waals surface area contributed by atoms with E-state index in [0.717, 1.165) is 82.2 Å². The van der Waals surface area contributed by atoms with Crippen LogP contribution in [0.3, 0.4) is 0 Å². The maximum absolute atomic E-state index is 13.6. The van der Waals surface area contributed by atoms with Crippen LogP contribution in [0.5, 0.6) is 0 Å². The van der Waals surface area contributed by atoms with Crippen molar-refractivity contribution in [1.82, 2.24) is 13.9 Å². The van der Waals surface area contributed by atoms with Crippen molar-refractivity contribution < 1.29 is 9.13 Å². The zero-order chi connectivity index (χ0) is 25.9. The second-order valence-electron chi connectivity index (χ2n) is 10.1. The topological polar surface area (TPSA) is 79.8 Å². The molecular weight excluding hydrogens is 473 g/mol. The molecule has 1 aliphatic carbocycles. The highest BCUT2D eigenvalue weighted by molar-refractivity contribution is 7.95. The number of piperidine rings is 1. The molecular formula is C28H46FN5OS. The van der Waals surface area contributed by atoms with E-state index < -0.39 is 0 Å². The van der Waals surface area contributed by atoms with Crippen molar-refractivity contribution >= 4 is 12.1 Å². The first-order valence-corrected chi connectivity index (χ1v) is 14.4. The van der Waals surface area contributed by atoms with Gasteiger partial charge in [0.1, 0.15) is 5.82 Å². The van der Waals surface area contributed by atoms with Crippen LogP contribution < -0.4 is 16.2 Å². The maximum Gasteiger partial charge on any atom is 0.123 e. The van der Waals surface area contributed by atoms with E-state index in [2.05, 4.69) is 26.9 Å². The Labute approximate surface area is 221 Å². The minimum atomic E-state index is -0.142. The van der Waals surface area contributed by atoms with E-state index in [-0.39, 0.29) is 11.9 Å². The van der Waals surface area contributed by atoms with E-state index in [9.17, 15) is 4.39 Å². The number of allylic oxidation sites excluding steroid dienone is 2. The molecule has 0 amide bonds. The molecule has 0 radical (unpaired) electrons. The second kappa shape index (κ2) is 14.9. The number of benzene rings is 1. The lowest BCUT2D eigenvalue weighted by Gasteiger charge is -2.42. The molecule has 202 valence electrons. The first-order chi connectivity index (χ1) is 17.5. The number of nitrogens with two attached hydrogens (primary N) is 2. The lowest BCUT2D eigenvalue weighted by Crippen LogP contribution is -2.52. The van der Waals surface area contributed by atoms with Gasteiger partial charge in [-0.3, -0.25) is 0 Å². The predicted octanol–water partition coefficient (Wildman–Crippen LogP) is 4.96. The average Bonchev–Trinajstić information content (AvgIpc) is 2.89. The maximum atomic E-state index is 13.6. The summed E-state index contributed by atoms with van der Waals surface area (Å²) in [6.45, 7) is 11.1. The quantitative estimate of drug-likeness (QED) is 0.314. The Kier molecular flexibility index (Phi) is 11.9. The lowest BCUT2D eigenvalue weighted by molar-refractivity contribution is -0.0136. The predicted molar refractivity (Wildman–Crippen MR) is 149 cm³/mol. The zero-order valence-electron chi connectivity index (χ0n) is 22.2. The third-order valence-electron chi connectivity index (χ3n) is 7.38. The molecule has 5 N–H and O–H groups in total. The van der Waals surface area contributed by atoms with Crippen LogP contribution in [0, 0.1) is 17.7 Å². The van der Waals surface area contributed by atoms with Crippen molar-refractivity contribution in [2.24, 2.45) is 23.3 Å². The van der Waals surface area contributed by atoms with Gasteiger partial charge in [-0.05, 0) is 80.0 Å². The number of likely N-dealkylation sites (tertiary alicyclic amines) is 1. The van der Waals surface area contributed by atoms with Gasteiger partial charge in [-0.15, -0.1) is 0 Å². The number of nitrogens with one attached hydrogen (secondary N) is 1. The van der Waals surface area contributed by atoms with E-state index in [1.807, 2.05) is 26.0 Å². The summed E-state index contributed by atoms with van der Waals surface area (Å²) in [5, 5.41) is 0. The van der Waals surface area contributed by atoms with Gasteiger partial charge in [-0.2, -0.15) is 0 Å². The summed E-state index contributed by atoms with van der Waals surface area (Å²) in [5.41, 5.74) is 12.9. The summed E-state index contributed by atoms with van der Waals surface area (Å²) >= 11 is 1.77. The largest absolute Gasteiger partial charge is 0.405 e. The normalized spacial score (nSPS) is 28.0. The van der Waals surface area contributed by atoms with Crippen LogP contribution >= 0.6 is 12.1 Å². The number of ether oxygens (including phenoxy) is 1. The lowest BCUT2D eigenvalue weighted by atomic mass is 9.82. The molecule has 2 aliphatic heterocycles. The van der Waals surface area contributed by atoms with Crippen LogP contribution in [0.1, 0.15) is 64.4 Å². The van der Waals surface area contributed by atoms with Gasteiger partial charge in [0.2, 0.25) is 0 Å². The van der Waals surface area contributed by atoms with E-state index in [0.29, 0.717) is 17.9 Å². The molecule has 0 spiro atoms. The van der Waals surface area contributed by atoms with Crippen molar-refractivity contribution in [3.63, 3.8) is 0 Å². The van der Waals surface area contributed by atoms with Crippen molar-refractivity contribution in [1.29, 1.82) is 0 Å². The van der Waals surface area contributed by atoms with Crippen molar-refractivity contribution in [2.75, 3.05) is 32.8 Å². The Bertz CT molecular complexity index is 839. The van der Waals surface area contributed by atoms with Gasteiger partial charge >= 0.3 is 0 Å². The highest BCUT2D eigenvalue weighted by Gasteiger charge is 2.33. The molecule has 36 heavy (non-hydrogen) atoms. The molecule has 1 aromatic rings. The van der Waals surface area contributed by atoms with Crippen LogP contribution in [0.4, 0.5) is 4.39 Å². The summed E-state index contributed by atoms with van der Waals surface area (Å²) in [5.74, 6) is 2.20. The Morgan fingerprint density at radius 1 is 1.17 bits per heavy atom. The molecule has 8 heteroatoms. The monoisotopic (exact) mass is 519 g/mol. The summed E-state index contributed by atoms with van der Waals surface area (Å²) < 4.78 is 26.2. The summed E-state index contributed by atoms with van der Waals surface area (Å²) in [7, 11) is 0. The van der Waals surface area contributed by atoms with E-state index in [1.165, 1.54) is 12.3 Å². The Morgan fingerprint density at radius 2 is 1.92 bits per heavy atom. The van der Waals surface area contributed by atoms with Crippen molar-refractivity contribution in [3.8, 4) is 0 Å². The first-order valence-electron chi connectivity index (χ1n) is 13.6. The van der Waals surface area contributed by atoms with E-state index in [1.54, 1.807) is 24.3 Å². The van der Waals surface area contributed by atoms with Gasteiger partial charge in [-0.25, -0.2) is 13.4 Å². The molecule has 2 unspecified atom stereocenters. The number of hydrogen-bond donors (Lipinski definition) is 3. The summed E-state index contributed by atoms with van der Waals surface area (Å²) in [6.07, 6.45) is 10.6. The van der Waals surface area contributed by atoms with Gasteiger partial charge in [0, 0.05) is 50.3 Å². The minimum Gasteiger partial charge on any atom is -0.405 e. The zero-order valence-corrected chi connectivity index (χ0v) is 23.1. The van der Waals surface area contributed by atoms with Crippen molar-refractivity contribution in [2.45, 2.75) is 70.9 Å².